The first-order valence-corrected chi connectivity index (χ1v) is 6.65. The van der Waals surface area contributed by atoms with Crippen LogP contribution in [0.3, 0.4) is 0 Å². The normalized spacial score (nSPS) is 24.1. The molecule has 0 aromatic carbocycles. The fraction of sp³-hybridized carbons (Fsp3) is 0.500. The van der Waals surface area contributed by atoms with Crippen molar-refractivity contribution in [3.63, 3.8) is 0 Å². The van der Waals surface area contributed by atoms with Crippen LogP contribution < -0.4 is 4.90 Å². The largest absolute Gasteiger partial charge is 0.390 e. The second-order valence-electron chi connectivity index (χ2n) is 5.49. The van der Waals surface area contributed by atoms with E-state index in [0.29, 0.717) is 6.54 Å². The van der Waals surface area contributed by atoms with E-state index in [1.807, 2.05) is 35.7 Å². The topological polar surface area (TPSA) is 61.0 Å². The van der Waals surface area contributed by atoms with Crippen molar-refractivity contribution in [2.75, 3.05) is 18.0 Å². The third-order valence-electron chi connectivity index (χ3n) is 3.73. The molecule has 1 aliphatic heterocycles. The van der Waals surface area contributed by atoms with E-state index >= 15 is 0 Å². The zero-order valence-electron chi connectivity index (χ0n) is 11.1. The summed E-state index contributed by atoms with van der Waals surface area (Å²) in [6.45, 7) is 3.23. The second-order valence-corrected chi connectivity index (χ2v) is 5.49. The van der Waals surface area contributed by atoms with Crippen LogP contribution in [-0.4, -0.2) is 38.3 Å². The summed E-state index contributed by atoms with van der Waals surface area (Å²) in [4.78, 5) is 6.66. The number of imidazole rings is 1. The summed E-state index contributed by atoms with van der Waals surface area (Å²) in [7, 11) is 0. The van der Waals surface area contributed by atoms with Gasteiger partial charge in [-0.15, -0.1) is 0 Å². The van der Waals surface area contributed by atoms with Crippen molar-refractivity contribution in [3.8, 4) is 0 Å². The lowest BCUT2D eigenvalue weighted by Gasteiger charge is -2.37. The summed E-state index contributed by atoms with van der Waals surface area (Å²) in [5.74, 6) is 0.786. The molecule has 0 spiro atoms. The summed E-state index contributed by atoms with van der Waals surface area (Å²) in [5.41, 5.74) is 0.931. The first-order valence-electron chi connectivity index (χ1n) is 6.65. The maximum Gasteiger partial charge on any atom is 0.153 e. The van der Waals surface area contributed by atoms with Crippen LogP contribution in [0.4, 0.5) is 5.82 Å². The van der Waals surface area contributed by atoms with E-state index in [9.17, 15) is 10.2 Å². The quantitative estimate of drug-likeness (QED) is 0.852. The van der Waals surface area contributed by atoms with Crippen LogP contribution >= 0.6 is 0 Å². The van der Waals surface area contributed by atoms with Gasteiger partial charge in [0.2, 0.25) is 0 Å². The molecule has 0 aliphatic carbocycles. The molecular formula is C14H19N3O2. The van der Waals surface area contributed by atoms with Crippen molar-refractivity contribution in [3.05, 3.63) is 30.1 Å². The number of rotatable bonds is 2. The molecule has 1 unspecified atom stereocenters. The van der Waals surface area contributed by atoms with Crippen molar-refractivity contribution in [2.45, 2.75) is 32.0 Å². The molecule has 19 heavy (non-hydrogen) atoms. The molecule has 0 radical (unpaired) electrons. The molecule has 1 fully saturated rings. The van der Waals surface area contributed by atoms with E-state index in [1.165, 1.54) is 0 Å². The highest BCUT2D eigenvalue weighted by molar-refractivity contribution is 5.56. The highest BCUT2D eigenvalue weighted by Crippen LogP contribution is 2.28. The van der Waals surface area contributed by atoms with Crippen LogP contribution in [0.25, 0.3) is 5.65 Å². The first kappa shape index (κ1) is 12.4. The highest BCUT2D eigenvalue weighted by Gasteiger charge is 2.30. The Morgan fingerprint density at radius 3 is 3.00 bits per heavy atom. The number of aromatic nitrogens is 2. The van der Waals surface area contributed by atoms with Crippen LogP contribution in [0.15, 0.2) is 24.4 Å². The zero-order valence-corrected chi connectivity index (χ0v) is 11.1. The lowest BCUT2D eigenvalue weighted by Crippen LogP contribution is -2.46. The van der Waals surface area contributed by atoms with E-state index in [1.54, 1.807) is 0 Å². The van der Waals surface area contributed by atoms with Gasteiger partial charge >= 0.3 is 0 Å². The van der Waals surface area contributed by atoms with Crippen LogP contribution in [0.1, 0.15) is 25.5 Å². The average molecular weight is 261 g/mol. The Bertz CT molecular complexity index is 591. The Kier molecular flexibility index (Phi) is 2.95. The van der Waals surface area contributed by atoms with Crippen LogP contribution in [0.5, 0.6) is 0 Å². The number of nitrogens with zero attached hydrogens (tertiary/aromatic N) is 3. The Morgan fingerprint density at radius 2 is 2.26 bits per heavy atom. The van der Waals surface area contributed by atoms with E-state index in [2.05, 4.69) is 9.88 Å². The average Bonchev–Trinajstić information content (AvgIpc) is 2.76. The smallest absolute Gasteiger partial charge is 0.153 e. The van der Waals surface area contributed by atoms with Gasteiger partial charge in [0.25, 0.3) is 0 Å². The maximum atomic E-state index is 10.2. The van der Waals surface area contributed by atoms with E-state index in [0.717, 1.165) is 36.5 Å². The molecule has 3 heterocycles. The molecular weight excluding hydrogens is 242 g/mol. The van der Waals surface area contributed by atoms with Gasteiger partial charge in [0.15, 0.2) is 5.82 Å². The Morgan fingerprint density at radius 1 is 1.42 bits per heavy atom. The molecule has 5 nitrogen and oxygen atoms in total. The standard InChI is InChI=1S/C14H19N3O2/c1-14(19)6-4-7-16(10-14)13-11(9-18)17-8-3-2-5-12(17)15-13/h2-3,5,8,18-19H,4,6-7,9-10H2,1H3. The van der Waals surface area contributed by atoms with Gasteiger partial charge in [-0.05, 0) is 31.9 Å². The number of β-amino-alcohol motifs (C(OH)–C–C–N with tert-alkyl or cyclic N) is 1. The minimum Gasteiger partial charge on any atom is -0.390 e. The molecule has 1 saturated heterocycles. The molecule has 2 N–H and O–H groups in total. The molecule has 2 aromatic rings. The van der Waals surface area contributed by atoms with Crippen molar-refractivity contribution in [1.29, 1.82) is 0 Å². The van der Waals surface area contributed by atoms with Gasteiger partial charge in [0, 0.05) is 19.3 Å². The van der Waals surface area contributed by atoms with E-state index in [4.69, 9.17) is 0 Å². The zero-order chi connectivity index (χ0) is 13.5. The third kappa shape index (κ3) is 2.19. The Balaban J connectivity index is 2.04. The number of hydrogen-bond donors (Lipinski definition) is 2. The maximum absolute atomic E-state index is 10.2. The first-order chi connectivity index (χ1) is 9.11. The number of anilines is 1. The number of aliphatic hydroxyl groups excluding tert-OH is 1. The van der Waals surface area contributed by atoms with E-state index < -0.39 is 5.60 Å². The van der Waals surface area contributed by atoms with E-state index in [-0.39, 0.29) is 6.61 Å². The molecule has 5 heteroatoms. The van der Waals surface area contributed by atoms with Crippen LogP contribution in [0, 0.1) is 0 Å². The van der Waals surface area contributed by atoms with Crippen LogP contribution in [0.2, 0.25) is 0 Å². The predicted octanol–water partition coefficient (Wildman–Crippen LogP) is 1.18. The number of fused-ring (bicyclic) bond motifs is 1. The van der Waals surface area contributed by atoms with Gasteiger partial charge in [-0.3, -0.25) is 4.40 Å². The van der Waals surface area contributed by atoms with Gasteiger partial charge in [0.1, 0.15) is 5.65 Å². The lowest BCUT2D eigenvalue weighted by atomic mass is 9.95. The monoisotopic (exact) mass is 261 g/mol. The molecule has 102 valence electrons. The lowest BCUT2D eigenvalue weighted by molar-refractivity contribution is 0.0446. The molecule has 0 amide bonds. The van der Waals surface area contributed by atoms with Gasteiger partial charge in [-0.1, -0.05) is 6.07 Å². The summed E-state index contributed by atoms with van der Waals surface area (Å²) in [6, 6.07) is 5.77. The van der Waals surface area contributed by atoms with Crippen molar-refractivity contribution in [1.82, 2.24) is 9.38 Å². The Labute approximate surface area is 112 Å². The Hall–Kier alpha value is -1.59. The number of piperidine rings is 1. The van der Waals surface area contributed by atoms with Crippen molar-refractivity contribution < 1.29 is 10.2 Å². The van der Waals surface area contributed by atoms with Crippen molar-refractivity contribution >= 4 is 11.5 Å². The molecule has 1 atom stereocenters. The van der Waals surface area contributed by atoms with Gasteiger partial charge in [-0.2, -0.15) is 0 Å². The molecule has 0 saturated carbocycles. The predicted molar refractivity (Wildman–Crippen MR) is 73.2 cm³/mol. The third-order valence-corrected chi connectivity index (χ3v) is 3.73. The SMILES string of the molecule is CC1(O)CCCN(c2nc3ccccn3c2CO)C1. The van der Waals surface area contributed by atoms with Crippen molar-refractivity contribution in [2.24, 2.45) is 0 Å². The van der Waals surface area contributed by atoms with Gasteiger partial charge in [-0.25, -0.2) is 4.98 Å². The summed E-state index contributed by atoms with van der Waals surface area (Å²) in [5, 5.41) is 19.8. The number of aliphatic hydroxyl groups is 2. The molecule has 3 rings (SSSR count). The minimum absolute atomic E-state index is 0.0564. The number of pyridine rings is 1. The molecule has 1 aliphatic rings. The van der Waals surface area contributed by atoms with Crippen LogP contribution in [-0.2, 0) is 6.61 Å². The summed E-state index contributed by atoms with van der Waals surface area (Å²) < 4.78 is 1.90. The van der Waals surface area contributed by atoms with Gasteiger partial charge < -0.3 is 15.1 Å². The fourth-order valence-electron chi connectivity index (χ4n) is 2.84. The fourth-order valence-corrected chi connectivity index (χ4v) is 2.84. The number of hydrogen-bond acceptors (Lipinski definition) is 4. The second kappa shape index (κ2) is 4.51. The highest BCUT2D eigenvalue weighted by atomic mass is 16.3. The summed E-state index contributed by atoms with van der Waals surface area (Å²) >= 11 is 0. The summed E-state index contributed by atoms with van der Waals surface area (Å²) in [6.07, 6.45) is 3.65. The minimum atomic E-state index is -0.680. The van der Waals surface area contributed by atoms with Gasteiger partial charge in [0.05, 0.1) is 17.9 Å². The molecule has 2 aromatic heterocycles. The molecule has 0 bridgehead atoms.